The lowest BCUT2D eigenvalue weighted by molar-refractivity contribution is -0.312. The predicted octanol–water partition coefficient (Wildman–Crippen LogP) is -1.18. The Kier molecular flexibility index (Phi) is 14.5. The van der Waals surface area contributed by atoms with Gasteiger partial charge in [-0.05, 0) is 16.7 Å². The highest BCUT2D eigenvalue weighted by molar-refractivity contribution is 5.79. The van der Waals surface area contributed by atoms with E-state index in [1.54, 1.807) is 12.1 Å². The van der Waals surface area contributed by atoms with E-state index in [0.29, 0.717) is 5.56 Å². The van der Waals surface area contributed by atoms with Crippen LogP contribution in [0.3, 0.4) is 0 Å². The monoisotopic (exact) mass is 644 g/mol. The zero-order chi connectivity index (χ0) is 33.5. The predicted molar refractivity (Wildman–Crippen MR) is 162 cm³/mol. The van der Waals surface area contributed by atoms with Crippen molar-refractivity contribution in [2.75, 3.05) is 46.2 Å². The topological polar surface area (TPSA) is 213 Å². The van der Waals surface area contributed by atoms with E-state index in [1.807, 2.05) is 42.5 Å². The number of benzene rings is 2. The molecule has 3 rings (SSSR count). The van der Waals surface area contributed by atoms with Crippen molar-refractivity contribution in [3.63, 3.8) is 0 Å². The van der Waals surface area contributed by atoms with Crippen molar-refractivity contribution in [3.8, 4) is 23.5 Å². The van der Waals surface area contributed by atoms with Gasteiger partial charge in [-0.15, -0.1) is 6.42 Å². The van der Waals surface area contributed by atoms with E-state index in [0.717, 1.165) is 11.1 Å². The number of terminal acetylenes is 1. The smallest absolute Gasteiger partial charge is 0.364 e. The third-order valence-electron chi connectivity index (χ3n) is 7.16. The summed E-state index contributed by atoms with van der Waals surface area (Å²) in [5.41, 5.74) is 2.69. The first-order chi connectivity index (χ1) is 22.1. The van der Waals surface area contributed by atoms with Crippen molar-refractivity contribution in [2.24, 2.45) is 0 Å². The minimum absolute atomic E-state index is 0.0280. The summed E-state index contributed by atoms with van der Waals surface area (Å²) in [6.07, 6.45) is -2.68. The van der Waals surface area contributed by atoms with Crippen LogP contribution in [-0.4, -0.2) is 126 Å². The Morgan fingerprint density at radius 3 is 2.28 bits per heavy atom. The average Bonchev–Trinajstić information content (AvgIpc) is 3.06. The second-order valence-corrected chi connectivity index (χ2v) is 10.5. The average molecular weight is 645 g/mol. The minimum atomic E-state index is -2.50. The number of carbonyl (C=O) groups is 3. The Morgan fingerprint density at radius 1 is 0.978 bits per heavy atom. The van der Waals surface area contributed by atoms with Gasteiger partial charge in [0.15, 0.2) is 0 Å². The van der Waals surface area contributed by atoms with Gasteiger partial charge in [-0.2, -0.15) is 0 Å². The maximum absolute atomic E-state index is 12.6. The molecule has 0 unspecified atom stereocenters. The van der Waals surface area contributed by atoms with E-state index in [9.17, 15) is 39.9 Å². The van der Waals surface area contributed by atoms with Crippen LogP contribution in [0.15, 0.2) is 54.6 Å². The van der Waals surface area contributed by atoms with Gasteiger partial charge in [-0.1, -0.05) is 60.5 Å². The van der Waals surface area contributed by atoms with Gasteiger partial charge in [0.2, 0.25) is 11.8 Å². The van der Waals surface area contributed by atoms with Crippen molar-refractivity contribution in [3.05, 3.63) is 60.2 Å². The standard InChI is InChI=1S/C32H40N2O12/c1-2-12-43-13-14-44-15-16-45-32(31(41)42)18-24(36)28(34-27(39)20-35)30(46-32)29(40)25(37)19-33-26(38)17-21-8-10-23(11-9-21)22-6-4-3-5-7-22/h1,3-11,24-25,28-30,35-37,40H,12-20H2,(H,33,38)(H,34,39)(H,41,42)/t24-,25+,28+,29+,30+,32-/m0/s1. The largest absolute Gasteiger partial charge is 0.477 e. The number of carboxylic acid groups (broad SMARTS) is 1. The molecule has 250 valence electrons. The van der Waals surface area contributed by atoms with Gasteiger partial charge in [0.05, 0.1) is 51.1 Å². The fourth-order valence-electron chi connectivity index (χ4n) is 4.82. The molecule has 0 radical (unpaired) electrons. The molecule has 1 aliphatic heterocycles. The molecule has 6 atom stereocenters. The van der Waals surface area contributed by atoms with Crippen LogP contribution in [0.4, 0.5) is 0 Å². The minimum Gasteiger partial charge on any atom is -0.477 e. The summed E-state index contributed by atoms with van der Waals surface area (Å²) < 4.78 is 21.5. The molecule has 1 aliphatic rings. The Balaban J connectivity index is 1.62. The van der Waals surface area contributed by atoms with Gasteiger partial charge in [0.25, 0.3) is 5.79 Å². The first-order valence-electron chi connectivity index (χ1n) is 14.6. The Morgan fingerprint density at radius 2 is 1.63 bits per heavy atom. The lowest BCUT2D eigenvalue weighted by Crippen LogP contribution is -2.68. The van der Waals surface area contributed by atoms with Crippen molar-refractivity contribution >= 4 is 17.8 Å². The molecule has 0 spiro atoms. The molecular formula is C32H40N2O12. The highest BCUT2D eigenvalue weighted by Crippen LogP contribution is 2.33. The number of hydrogen-bond acceptors (Lipinski definition) is 11. The Hall–Kier alpha value is -3.91. The number of carboxylic acids is 1. The molecule has 46 heavy (non-hydrogen) atoms. The first kappa shape index (κ1) is 36.6. The second-order valence-electron chi connectivity index (χ2n) is 10.5. The van der Waals surface area contributed by atoms with Crippen LogP contribution in [-0.2, 0) is 39.8 Å². The second kappa shape index (κ2) is 18.3. The molecule has 2 amide bonds. The number of aliphatic hydroxyl groups is 4. The summed E-state index contributed by atoms with van der Waals surface area (Å²) in [6.45, 7) is -1.41. The summed E-state index contributed by atoms with van der Waals surface area (Å²) in [6, 6.07) is 15.6. The normalized spacial score (nSPS) is 22.3. The molecule has 2 aromatic carbocycles. The lowest BCUT2D eigenvalue weighted by atomic mass is 9.88. The van der Waals surface area contributed by atoms with Gasteiger partial charge in [-0.25, -0.2) is 4.79 Å². The fraction of sp³-hybridized carbons (Fsp3) is 0.469. The summed E-state index contributed by atoms with van der Waals surface area (Å²) in [7, 11) is 0. The molecule has 14 nitrogen and oxygen atoms in total. The summed E-state index contributed by atoms with van der Waals surface area (Å²) >= 11 is 0. The molecule has 0 saturated carbocycles. The van der Waals surface area contributed by atoms with Crippen LogP contribution in [0.5, 0.6) is 0 Å². The maximum atomic E-state index is 12.6. The van der Waals surface area contributed by atoms with Crippen molar-refractivity contribution in [1.29, 1.82) is 0 Å². The van der Waals surface area contributed by atoms with Crippen LogP contribution >= 0.6 is 0 Å². The molecular weight excluding hydrogens is 604 g/mol. The van der Waals surface area contributed by atoms with E-state index in [-0.39, 0.29) is 39.5 Å². The maximum Gasteiger partial charge on any atom is 0.364 e. The summed E-state index contributed by atoms with van der Waals surface area (Å²) in [5, 5.41) is 56.6. The van der Waals surface area contributed by atoms with Crippen molar-refractivity contribution in [1.82, 2.24) is 10.6 Å². The molecule has 14 heteroatoms. The highest BCUT2D eigenvalue weighted by atomic mass is 16.7. The van der Waals surface area contributed by atoms with Crippen LogP contribution in [0.2, 0.25) is 0 Å². The zero-order valence-corrected chi connectivity index (χ0v) is 25.1. The number of nitrogens with one attached hydrogen (secondary N) is 2. The van der Waals surface area contributed by atoms with Crippen LogP contribution in [0, 0.1) is 12.3 Å². The molecule has 7 N–H and O–H groups in total. The molecule has 0 aromatic heterocycles. The quantitative estimate of drug-likeness (QED) is 0.0755. The summed E-state index contributed by atoms with van der Waals surface area (Å²) in [4.78, 5) is 36.9. The van der Waals surface area contributed by atoms with Gasteiger partial charge in [0, 0.05) is 13.0 Å². The number of aliphatic hydroxyl groups excluding tert-OH is 4. The van der Waals surface area contributed by atoms with Gasteiger partial charge in [0.1, 0.15) is 25.4 Å². The molecule has 1 saturated heterocycles. The van der Waals surface area contributed by atoms with E-state index < -0.39 is 73.6 Å². The molecule has 2 aromatic rings. The number of hydrogen-bond donors (Lipinski definition) is 7. The molecule has 0 aliphatic carbocycles. The molecule has 1 heterocycles. The zero-order valence-electron chi connectivity index (χ0n) is 25.1. The summed E-state index contributed by atoms with van der Waals surface area (Å²) in [5.74, 6) is -3.26. The Labute approximate surface area is 266 Å². The lowest BCUT2D eigenvalue weighted by Gasteiger charge is -2.46. The number of amides is 2. The number of carbonyl (C=O) groups excluding carboxylic acids is 2. The van der Waals surface area contributed by atoms with E-state index in [1.165, 1.54) is 0 Å². The highest BCUT2D eigenvalue weighted by Gasteiger charge is 2.55. The number of ether oxygens (including phenoxy) is 4. The number of aliphatic carboxylic acids is 1. The van der Waals surface area contributed by atoms with E-state index in [4.69, 9.17) is 25.4 Å². The van der Waals surface area contributed by atoms with Crippen LogP contribution < -0.4 is 10.6 Å². The van der Waals surface area contributed by atoms with Gasteiger partial charge >= 0.3 is 5.97 Å². The SMILES string of the molecule is C#CCOCCOCCO[C@@]1(C(=O)O)C[C@H](O)[C@@H](NC(=O)CO)[C@H]([C@H](O)[C@H](O)CNC(=O)Cc2ccc(-c3ccccc3)cc2)O1. The van der Waals surface area contributed by atoms with Crippen LogP contribution in [0.1, 0.15) is 12.0 Å². The van der Waals surface area contributed by atoms with E-state index >= 15 is 0 Å². The third kappa shape index (κ3) is 10.6. The van der Waals surface area contributed by atoms with Gasteiger partial charge in [-0.3, -0.25) is 9.59 Å². The van der Waals surface area contributed by atoms with Crippen molar-refractivity contribution < 1.29 is 58.9 Å². The van der Waals surface area contributed by atoms with Crippen molar-refractivity contribution in [2.45, 2.75) is 49.1 Å². The Bertz CT molecular complexity index is 1300. The van der Waals surface area contributed by atoms with E-state index in [2.05, 4.69) is 16.6 Å². The third-order valence-corrected chi connectivity index (χ3v) is 7.16. The fourth-order valence-corrected chi connectivity index (χ4v) is 4.82. The van der Waals surface area contributed by atoms with Crippen LogP contribution in [0.25, 0.3) is 11.1 Å². The molecule has 1 fully saturated rings. The van der Waals surface area contributed by atoms with Gasteiger partial charge < -0.3 is 55.1 Å². The molecule has 0 bridgehead atoms. The first-order valence-corrected chi connectivity index (χ1v) is 14.6. The number of rotatable bonds is 18.